The Kier molecular flexibility index (Phi) is 7.58. The molecule has 4 nitrogen and oxygen atoms in total. The molecule has 2 aliphatic rings. The zero-order valence-corrected chi connectivity index (χ0v) is 22.9. The number of alkyl halides is 1. The molecule has 0 N–H and O–H groups in total. The lowest BCUT2D eigenvalue weighted by molar-refractivity contribution is 0.0682. The molecule has 3 aromatic carbocycles. The van der Waals surface area contributed by atoms with Gasteiger partial charge in [0.05, 0.1) is 14.2 Å². The maximum absolute atomic E-state index is 16.1. The van der Waals surface area contributed by atoms with Crippen molar-refractivity contribution in [2.75, 3.05) is 14.2 Å². The number of benzene rings is 3. The first-order valence-corrected chi connectivity index (χ1v) is 13.7. The minimum Gasteiger partial charge on any atom is -0.493 e. The van der Waals surface area contributed by atoms with Crippen molar-refractivity contribution >= 4 is 5.78 Å². The maximum Gasteiger partial charge on any atom is 0.166 e. The van der Waals surface area contributed by atoms with E-state index in [1.54, 1.807) is 27.2 Å². The van der Waals surface area contributed by atoms with Crippen LogP contribution in [0.4, 0.5) is 4.39 Å². The molecule has 1 fully saturated rings. The van der Waals surface area contributed by atoms with E-state index in [0.717, 1.165) is 24.9 Å². The number of fused-ring (bicyclic) bond motifs is 1. The minimum absolute atomic E-state index is 0.0139. The van der Waals surface area contributed by atoms with E-state index in [0.29, 0.717) is 35.9 Å². The lowest BCUT2D eigenvalue weighted by atomic mass is 9.85. The minimum atomic E-state index is -1.43. The van der Waals surface area contributed by atoms with E-state index < -0.39 is 5.67 Å². The molecule has 1 heterocycles. The second-order valence-corrected chi connectivity index (χ2v) is 11.3. The molecule has 0 radical (unpaired) electrons. The summed E-state index contributed by atoms with van der Waals surface area (Å²) in [6, 6.07) is 23.3. The van der Waals surface area contributed by atoms with E-state index in [9.17, 15) is 4.79 Å². The normalized spacial score (nSPS) is 22.8. The first-order chi connectivity index (χ1) is 18.3. The molecule has 5 rings (SSSR count). The summed E-state index contributed by atoms with van der Waals surface area (Å²) in [6.07, 6.45) is 3.26. The highest BCUT2D eigenvalue weighted by molar-refractivity contribution is 6.03. The van der Waals surface area contributed by atoms with Gasteiger partial charge in [0.25, 0.3) is 0 Å². The van der Waals surface area contributed by atoms with Crippen molar-refractivity contribution in [2.24, 2.45) is 5.92 Å². The van der Waals surface area contributed by atoms with Gasteiger partial charge in [-0.1, -0.05) is 54.6 Å². The number of methoxy groups -OCH3 is 2. The number of rotatable bonds is 9. The standard InChI is InChI=1S/C33H38FNO3/c1-22-10-15-28(35(22)21-23-11-13-25(14-12-23)24-8-6-5-7-9-24)20-33(2,34)19-27-16-26-17-30(37-3)31(38-4)18-29(26)32(27)36/h5-9,11-14,17-18,22,27-28H,10,15-16,19-21H2,1-4H3. The van der Waals surface area contributed by atoms with Crippen LogP contribution in [0.15, 0.2) is 66.7 Å². The smallest absolute Gasteiger partial charge is 0.166 e. The molecule has 200 valence electrons. The molecule has 0 saturated carbocycles. The van der Waals surface area contributed by atoms with Crippen molar-refractivity contribution in [3.8, 4) is 22.6 Å². The van der Waals surface area contributed by atoms with Gasteiger partial charge in [0.15, 0.2) is 17.3 Å². The first kappa shape index (κ1) is 26.4. The van der Waals surface area contributed by atoms with Crippen LogP contribution in [0, 0.1) is 5.92 Å². The molecule has 1 aliphatic heterocycles. The highest BCUT2D eigenvalue weighted by atomic mass is 19.1. The Morgan fingerprint density at radius 2 is 1.58 bits per heavy atom. The van der Waals surface area contributed by atoms with E-state index in [1.165, 1.54) is 16.7 Å². The van der Waals surface area contributed by atoms with Crippen LogP contribution in [-0.2, 0) is 13.0 Å². The Hall–Kier alpha value is -3.18. The van der Waals surface area contributed by atoms with E-state index in [-0.39, 0.29) is 24.2 Å². The Balaban J connectivity index is 1.24. The van der Waals surface area contributed by atoms with Crippen LogP contribution in [0.2, 0.25) is 0 Å². The largest absolute Gasteiger partial charge is 0.493 e. The van der Waals surface area contributed by atoms with Gasteiger partial charge in [-0.25, -0.2) is 4.39 Å². The molecule has 38 heavy (non-hydrogen) atoms. The van der Waals surface area contributed by atoms with E-state index in [1.807, 2.05) is 12.1 Å². The van der Waals surface area contributed by atoms with Gasteiger partial charge in [0.2, 0.25) is 0 Å². The van der Waals surface area contributed by atoms with E-state index in [2.05, 4.69) is 60.4 Å². The topological polar surface area (TPSA) is 38.8 Å². The van der Waals surface area contributed by atoms with Crippen LogP contribution in [0.25, 0.3) is 11.1 Å². The molecule has 4 atom stereocenters. The lowest BCUT2D eigenvalue weighted by Gasteiger charge is -2.33. The number of carbonyl (C=O) groups excluding carboxylic acids is 1. The van der Waals surface area contributed by atoms with Crippen molar-refractivity contribution < 1.29 is 18.7 Å². The summed E-state index contributed by atoms with van der Waals surface area (Å²) >= 11 is 0. The molecule has 3 aromatic rings. The number of halogens is 1. The zero-order chi connectivity index (χ0) is 26.9. The summed E-state index contributed by atoms with van der Waals surface area (Å²) in [5.41, 5.74) is 3.78. The van der Waals surface area contributed by atoms with Gasteiger partial charge in [-0.2, -0.15) is 0 Å². The number of nitrogens with zero attached hydrogens (tertiary/aromatic N) is 1. The first-order valence-electron chi connectivity index (χ1n) is 13.7. The predicted octanol–water partition coefficient (Wildman–Crippen LogP) is 7.29. The van der Waals surface area contributed by atoms with Gasteiger partial charge in [-0.05, 0) is 80.3 Å². The highest BCUT2D eigenvalue weighted by Crippen LogP contribution is 2.42. The monoisotopic (exact) mass is 515 g/mol. The summed E-state index contributed by atoms with van der Waals surface area (Å²) in [5, 5.41) is 0. The Morgan fingerprint density at radius 3 is 2.26 bits per heavy atom. The number of likely N-dealkylation sites (tertiary alicyclic amines) is 1. The Morgan fingerprint density at radius 1 is 0.921 bits per heavy atom. The Bertz CT molecular complexity index is 1270. The third-order valence-corrected chi connectivity index (χ3v) is 8.42. The second kappa shape index (κ2) is 10.9. The van der Waals surface area contributed by atoms with Gasteiger partial charge in [-0.3, -0.25) is 9.69 Å². The number of ketones is 1. The van der Waals surface area contributed by atoms with Crippen molar-refractivity contribution in [3.63, 3.8) is 0 Å². The van der Waals surface area contributed by atoms with Gasteiger partial charge >= 0.3 is 0 Å². The molecule has 5 heteroatoms. The highest BCUT2D eigenvalue weighted by Gasteiger charge is 2.41. The average molecular weight is 516 g/mol. The summed E-state index contributed by atoms with van der Waals surface area (Å²) in [5.74, 6) is 0.806. The van der Waals surface area contributed by atoms with Crippen LogP contribution in [0.3, 0.4) is 0 Å². The molecule has 0 aromatic heterocycles. The van der Waals surface area contributed by atoms with Gasteiger partial charge < -0.3 is 9.47 Å². The van der Waals surface area contributed by atoms with Gasteiger partial charge in [0.1, 0.15) is 5.67 Å². The number of hydrogen-bond acceptors (Lipinski definition) is 4. The van der Waals surface area contributed by atoms with Crippen molar-refractivity contribution in [3.05, 3.63) is 83.4 Å². The van der Waals surface area contributed by atoms with E-state index >= 15 is 4.39 Å². The molecule has 0 bridgehead atoms. The molecule has 0 amide bonds. The number of Topliss-reactive ketones (excluding diaryl/α,β-unsaturated/α-hetero) is 1. The van der Waals surface area contributed by atoms with Crippen LogP contribution in [0.1, 0.15) is 61.0 Å². The molecular weight excluding hydrogens is 477 g/mol. The lowest BCUT2D eigenvalue weighted by Crippen LogP contribution is -2.39. The molecule has 0 spiro atoms. The third kappa shape index (κ3) is 5.49. The Labute approximate surface area is 225 Å². The second-order valence-electron chi connectivity index (χ2n) is 11.3. The van der Waals surface area contributed by atoms with Crippen LogP contribution >= 0.6 is 0 Å². The summed E-state index contributed by atoms with van der Waals surface area (Å²) in [6.45, 7) is 4.73. The van der Waals surface area contributed by atoms with Gasteiger partial charge in [-0.15, -0.1) is 0 Å². The number of ether oxygens (including phenoxy) is 2. The van der Waals surface area contributed by atoms with Crippen LogP contribution in [0.5, 0.6) is 11.5 Å². The molecule has 1 saturated heterocycles. The summed E-state index contributed by atoms with van der Waals surface area (Å²) in [7, 11) is 3.15. The summed E-state index contributed by atoms with van der Waals surface area (Å²) < 4.78 is 26.9. The molecular formula is C33H38FNO3. The van der Waals surface area contributed by atoms with Crippen LogP contribution < -0.4 is 9.47 Å². The quantitative estimate of drug-likeness (QED) is 0.300. The third-order valence-electron chi connectivity index (χ3n) is 8.42. The maximum atomic E-state index is 16.1. The average Bonchev–Trinajstić information content (AvgIpc) is 3.41. The SMILES string of the molecule is COc1cc2c(cc1OC)C(=O)C(CC(C)(F)CC1CCC(C)N1Cc1ccc(-c3ccccc3)cc1)C2. The van der Waals surface area contributed by atoms with Crippen molar-refractivity contribution in [1.82, 2.24) is 4.90 Å². The number of hydrogen-bond donors (Lipinski definition) is 0. The fourth-order valence-electron chi connectivity index (χ4n) is 6.42. The molecule has 1 aliphatic carbocycles. The fraction of sp³-hybridized carbons (Fsp3) is 0.424. The predicted molar refractivity (Wildman–Crippen MR) is 150 cm³/mol. The fourth-order valence-corrected chi connectivity index (χ4v) is 6.42. The van der Waals surface area contributed by atoms with Crippen molar-refractivity contribution in [2.45, 2.75) is 70.2 Å². The zero-order valence-electron chi connectivity index (χ0n) is 22.9. The molecule has 4 unspecified atom stereocenters. The summed E-state index contributed by atoms with van der Waals surface area (Å²) in [4.78, 5) is 15.6. The van der Waals surface area contributed by atoms with E-state index in [4.69, 9.17) is 9.47 Å². The van der Waals surface area contributed by atoms with Crippen LogP contribution in [-0.4, -0.2) is 42.7 Å². The number of carbonyl (C=O) groups is 1. The van der Waals surface area contributed by atoms with Crippen molar-refractivity contribution in [1.29, 1.82) is 0 Å². The van der Waals surface area contributed by atoms with Gasteiger partial charge in [0, 0.05) is 30.1 Å².